The molecule has 0 nitrogen and oxygen atoms in total. The van der Waals surface area contributed by atoms with Crippen LogP contribution in [0.15, 0.2) is 30.3 Å². The molecule has 1 aliphatic carbocycles. The smallest absolute Gasteiger partial charge is 0.130 e. The van der Waals surface area contributed by atoms with Crippen LogP contribution in [0.4, 0.5) is 8.78 Å². The highest BCUT2D eigenvalue weighted by molar-refractivity contribution is 5.84. The maximum absolute atomic E-state index is 14.4. The Morgan fingerprint density at radius 3 is 2.48 bits per heavy atom. The topological polar surface area (TPSA) is 0 Å². The fourth-order valence-corrected chi connectivity index (χ4v) is 3.31. The van der Waals surface area contributed by atoms with Crippen LogP contribution in [0.25, 0.3) is 11.6 Å². The van der Waals surface area contributed by atoms with Crippen LogP contribution < -0.4 is 0 Å². The number of rotatable bonds is 4. The second-order valence-electron chi connectivity index (χ2n) is 6.23. The average Bonchev–Trinajstić information content (AvgIpc) is 2.54. The van der Waals surface area contributed by atoms with Crippen molar-refractivity contribution >= 4 is 11.6 Å². The molecule has 0 radical (unpaired) electrons. The van der Waals surface area contributed by atoms with Gasteiger partial charge in [0.2, 0.25) is 0 Å². The third-order valence-electron chi connectivity index (χ3n) is 4.60. The molecule has 0 saturated carbocycles. The Balaban J connectivity index is 1.97. The summed E-state index contributed by atoms with van der Waals surface area (Å²) in [5, 5.41) is 0. The van der Waals surface area contributed by atoms with E-state index in [9.17, 15) is 8.78 Å². The fraction of sp³-hybridized carbons (Fsp3) is 0.333. The minimum Gasteiger partial charge on any atom is -0.207 e. The molecule has 0 aromatic heterocycles. The van der Waals surface area contributed by atoms with Crippen LogP contribution in [0.3, 0.4) is 0 Å². The molecule has 3 rings (SSSR count). The molecule has 2 aromatic carbocycles. The Labute approximate surface area is 136 Å². The van der Waals surface area contributed by atoms with E-state index in [1.54, 1.807) is 12.1 Å². The van der Waals surface area contributed by atoms with Gasteiger partial charge in [0.25, 0.3) is 0 Å². The Bertz CT molecular complexity index is 757. The van der Waals surface area contributed by atoms with Crippen LogP contribution in [0.2, 0.25) is 0 Å². The molecule has 0 bridgehead atoms. The van der Waals surface area contributed by atoms with E-state index in [-0.39, 0.29) is 11.6 Å². The number of aryl methyl sites for hydroxylation is 3. The van der Waals surface area contributed by atoms with Gasteiger partial charge in [-0.3, -0.25) is 0 Å². The monoisotopic (exact) mass is 312 g/mol. The zero-order valence-corrected chi connectivity index (χ0v) is 13.8. The summed E-state index contributed by atoms with van der Waals surface area (Å²) >= 11 is 0. The van der Waals surface area contributed by atoms with Gasteiger partial charge in [0, 0.05) is 5.56 Å². The van der Waals surface area contributed by atoms with Crippen molar-refractivity contribution in [2.24, 2.45) is 0 Å². The van der Waals surface area contributed by atoms with Crippen molar-refractivity contribution < 1.29 is 8.78 Å². The van der Waals surface area contributed by atoms with Gasteiger partial charge in [0.1, 0.15) is 11.6 Å². The zero-order valence-electron chi connectivity index (χ0n) is 13.8. The van der Waals surface area contributed by atoms with Crippen LogP contribution in [-0.4, -0.2) is 0 Å². The van der Waals surface area contributed by atoms with Crippen LogP contribution in [0.5, 0.6) is 0 Å². The van der Waals surface area contributed by atoms with E-state index < -0.39 is 0 Å². The van der Waals surface area contributed by atoms with Crippen LogP contribution in [-0.2, 0) is 19.3 Å². The molecular formula is C21H22F2. The SMILES string of the molecule is CCCc1ccc(C2=Cc3cc(F)c(CC)cc3CC2)c(F)c1. The Hall–Kier alpha value is -1.96. The average molecular weight is 312 g/mol. The predicted molar refractivity (Wildman–Crippen MR) is 92.4 cm³/mol. The summed E-state index contributed by atoms with van der Waals surface area (Å²) in [6.07, 6.45) is 6.18. The lowest BCUT2D eigenvalue weighted by Gasteiger charge is -2.19. The van der Waals surface area contributed by atoms with Gasteiger partial charge >= 0.3 is 0 Å². The number of hydrogen-bond acceptors (Lipinski definition) is 0. The first-order valence-electron chi connectivity index (χ1n) is 8.43. The molecule has 120 valence electrons. The highest BCUT2D eigenvalue weighted by atomic mass is 19.1. The quantitative estimate of drug-likeness (QED) is 0.653. The van der Waals surface area contributed by atoms with Crippen LogP contribution in [0, 0.1) is 11.6 Å². The van der Waals surface area contributed by atoms with Gasteiger partial charge in [-0.1, -0.05) is 44.5 Å². The van der Waals surface area contributed by atoms with E-state index in [0.29, 0.717) is 12.0 Å². The standard InChI is InChI=1S/C21H22F2/c1-3-5-14-6-9-19(21(23)10-14)17-8-7-16-11-15(4-2)20(22)13-18(16)12-17/h6,9-13H,3-5,7-8H2,1-2H3. The maximum Gasteiger partial charge on any atom is 0.130 e. The van der Waals surface area contributed by atoms with Crippen LogP contribution in [0.1, 0.15) is 54.5 Å². The lowest BCUT2D eigenvalue weighted by Crippen LogP contribution is -2.03. The largest absolute Gasteiger partial charge is 0.207 e. The summed E-state index contributed by atoms with van der Waals surface area (Å²) in [6, 6.07) is 9.05. The maximum atomic E-state index is 14.4. The van der Waals surface area contributed by atoms with Gasteiger partial charge in [0.15, 0.2) is 0 Å². The highest BCUT2D eigenvalue weighted by Crippen LogP contribution is 2.33. The lowest BCUT2D eigenvalue weighted by atomic mass is 9.87. The van der Waals surface area contributed by atoms with E-state index in [2.05, 4.69) is 6.92 Å². The number of benzene rings is 2. The molecule has 0 unspecified atom stereocenters. The van der Waals surface area contributed by atoms with Crippen molar-refractivity contribution in [2.45, 2.75) is 46.0 Å². The normalized spacial score (nSPS) is 13.7. The fourth-order valence-electron chi connectivity index (χ4n) is 3.31. The number of fused-ring (bicyclic) bond motifs is 1. The molecule has 0 amide bonds. The number of halogens is 2. The van der Waals surface area contributed by atoms with Crippen molar-refractivity contribution in [3.63, 3.8) is 0 Å². The summed E-state index contributed by atoms with van der Waals surface area (Å²) in [5.74, 6) is -0.334. The third-order valence-corrected chi connectivity index (χ3v) is 4.60. The second kappa shape index (κ2) is 6.66. The van der Waals surface area contributed by atoms with Gasteiger partial charge in [-0.15, -0.1) is 0 Å². The summed E-state index contributed by atoms with van der Waals surface area (Å²) < 4.78 is 28.4. The molecule has 2 heteroatoms. The first-order valence-corrected chi connectivity index (χ1v) is 8.43. The molecule has 0 spiro atoms. The van der Waals surface area contributed by atoms with E-state index in [1.165, 1.54) is 0 Å². The Morgan fingerprint density at radius 2 is 1.78 bits per heavy atom. The molecule has 0 N–H and O–H groups in total. The molecule has 1 aliphatic rings. The lowest BCUT2D eigenvalue weighted by molar-refractivity contribution is 0.610. The van der Waals surface area contributed by atoms with E-state index in [0.717, 1.165) is 53.5 Å². The highest BCUT2D eigenvalue weighted by Gasteiger charge is 2.17. The van der Waals surface area contributed by atoms with Gasteiger partial charge in [-0.25, -0.2) is 8.78 Å². The minimum atomic E-state index is -0.170. The van der Waals surface area contributed by atoms with Gasteiger partial charge < -0.3 is 0 Å². The van der Waals surface area contributed by atoms with Crippen LogP contribution >= 0.6 is 0 Å². The first kappa shape index (κ1) is 15.9. The van der Waals surface area contributed by atoms with Gasteiger partial charge in [0.05, 0.1) is 0 Å². The molecular weight excluding hydrogens is 290 g/mol. The molecule has 0 atom stereocenters. The molecule has 23 heavy (non-hydrogen) atoms. The molecule has 0 saturated heterocycles. The van der Waals surface area contributed by atoms with E-state index in [4.69, 9.17) is 0 Å². The van der Waals surface area contributed by atoms with Crippen molar-refractivity contribution in [3.8, 4) is 0 Å². The van der Waals surface area contributed by atoms with Crippen molar-refractivity contribution in [1.82, 2.24) is 0 Å². The Kier molecular flexibility index (Phi) is 4.61. The first-order chi connectivity index (χ1) is 11.1. The van der Waals surface area contributed by atoms with Gasteiger partial charge in [-0.2, -0.15) is 0 Å². The molecule has 0 aliphatic heterocycles. The summed E-state index contributed by atoms with van der Waals surface area (Å²) in [5.41, 5.74) is 5.45. The van der Waals surface area contributed by atoms with E-state index >= 15 is 0 Å². The van der Waals surface area contributed by atoms with Gasteiger partial charge in [-0.05, 0) is 65.6 Å². The summed E-state index contributed by atoms with van der Waals surface area (Å²) in [6.45, 7) is 4.05. The van der Waals surface area contributed by atoms with E-state index in [1.807, 2.05) is 31.2 Å². The van der Waals surface area contributed by atoms with Crippen molar-refractivity contribution in [2.75, 3.05) is 0 Å². The molecule has 0 fully saturated rings. The number of hydrogen-bond donors (Lipinski definition) is 0. The predicted octanol–water partition coefficient (Wildman–Crippen LogP) is 5.97. The number of allylic oxidation sites excluding steroid dienone is 1. The third kappa shape index (κ3) is 3.21. The molecule has 0 heterocycles. The summed E-state index contributed by atoms with van der Waals surface area (Å²) in [7, 11) is 0. The zero-order chi connectivity index (χ0) is 16.4. The second-order valence-corrected chi connectivity index (χ2v) is 6.23. The van der Waals surface area contributed by atoms with Crippen molar-refractivity contribution in [1.29, 1.82) is 0 Å². The van der Waals surface area contributed by atoms with Crippen molar-refractivity contribution in [3.05, 3.63) is 69.8 Å². The Morgan fingerprint density at radius 1 is 0.957 bits per heavy atom. The minimum absolute atomic E-state index is 0.164. The summed E-state index contributed by atoms with van der Waals surface area (Å²) in [4.78, 5) is 0. The molecule has 2 aromatic rings.